The number of aromatic nitrogens is 15. The number of hydrogen-bond acceptors (Lipinski definition) is 16. The van der Waals surface area contributed by atoms with Gasteiger partial charge in [-0.3, -0.25) is 4.85 Å². The maximum Gasteiger partial charge on any atom is 0.373 e. The maximum absolute atomic E-state index is 10.3. The first-order chi connectivity index (χ1) is 23.4. The normalized spacial score (nSPS) is 12.6. The molecule has 0 bridgehead atoms. The molecular weight excluding hydrogens is 618 g/mol. The molecule has 0 aliphatic heterocycles. The van der Waals surface area contributed by atoms with E-state index in [-0.39, 0.29) is 69.5 Å². The van der Waals surface area contributed by atoms with E-state index in [0.717, 1.165) is 0 Å². The van der Waals surface area contributed by atoms with Gasteiger partial charge in [0.15, 0.2) is 34.8 Å². The smallest absolute Gasteiger partial charge is 0.373 e. The van der Waals surface area contributed by atoms with Crippen molar-refractivity contribution in [3.8, 4) is 24.3 Å². The predicted molar refractivity (Wildman–Crippen MR) is 154 cm³/mol. The minimum absolute atomic E-state index is 0.0431. The average molecular weight is 628 g/mol. The van der Waals surface area contributed by atoms with E-state index < -0.39 is 17.9 Å². The van der Waals surface area contributed by atoms with Crippen LogP contribution in [-0.4, -0.2) is 74.8 Å². The summed E-state index contributed by atoms with van der Waals surface area (Å²) < 4.78 is 0. The lowest BCUT2D eigenvalue weighted by molar-refractivity contribution is 0.701. The molecule has 0 amide bonds. The van der Waals surface area contributed by atoms with E-state index in [0.29, 0.717) is 16.6 Å². The number of hydrogen-bond donors (Lipinski definition) is 3. The lowest BCUT2D eigenvalue weighted by Gasteiger charge is -2.12. The predicted octanol–water partition coefficient (Wildman–Crippen LogP) is 1.48. The minimum Gasteiger partial charge on any atom is -0.394 e. The summed E-state index contributed by atoms with van der Waals surface area (Å²) in [6, 6.07) is 6.48. The van der Waals surface area contributed by atoms with Crippen molar-refractivity contribution in [3.63, 3.8) is 0 Å². The minimum atomic E-state index is -1.33. The molecule has 0 aliphatic carbocycles. The number of rotatable bonds is 6. The monoisotopic (exact) mass is 627 g/mol. The molecule has 222 valence electrons. The van der Waals surface area contributed by atoms with Crippen molar-refractivity contribution in [1.29, 1.82) is 21.0 Å². The third kappa shape index (κ3) is 4.78. The molecule has 3 N–H and O–H groups in total. The van der Waals surface area contributed by atoms with E-state index in [9.17, 15) is 21.0 Å². The summed E-state index contributed by atoms with van der Waals surface area (Å²) in [6.45, 7) is 15.2. The highest BCUT2D eigenvalue weighted by Gasteiger charge is 2.34. The SMILES string of the molecule is [C-]#[N+]c1ncc2[nH]c(C(C#N)c3nc(C(C#N)c4nc5nc(C#N)ncc5[nH]4)nc(C([N+]#[C-])c4nc5nc(C#N)ncc5[nH]4)n3)nc2n1. The molecule has 48 heavy (non-hydrogen) atoms. The van der Waals surface area contributed by atoms with Gasteiger partial charge >= 0.3 is 12.0 Å². The molecule has 0 fully saturated rings. The van der Waals surface area contributed by atoms with Crippen LogP contribution in [0.2, 0.25) is 0 Å². The first kappa shape index (κ1) is 28.4. The number of nitriles is 4. The Kier molecular flexibility index (Phi) is 6.66. The van der Waals surface area contributed by atoms with Gasteiger partial charge in [-0.25, -0.2) is 41.5 Å². The fourth-order valence-electron chi connectivity index (χ4n) is 4.57. The largest absolute Gasteiger partial charge is 0.394 e. The second kappa shape index (κ2) is 11.3. The molecule has 3 atom stereocenters. The highest BCUT2D eigenvalue weighted by molar-refractivity contribution is 5.72. The third-order valence-electron chi connectivity index (χ3n) is 6.70. The van der Waals surface area contributed by atoms with E-state index in [1.807, 2.05) is 12.1 Å². The fraction of sp³-hybridized carbons (Fsp3) is 0.111. The Bertz CT molecular complexity index is 2390. The summed E-state index contributed by atoms with van der Waals surface area (Å²) in [5.41, 5.74) is 1.35. The maximum atomic E-state index is 10.3. The van der Waals surface area contributed by atoms with Crippen LogP contribution in [0.1, 0.15) is 64.5 Å². The van der Waals surface area contributed by atoms with Crippen molar-refractivity contribution in [2.75, 3.05) is 0 Å². The first-order valence-electron chi connectivity index (χ1n) is 13.2. The number of aromatic amines is 3. The highest BCUT2D eigenvalue weighted by atomic mass is 15.1. The molecule has 7 rings (SSSR count). The van der Waals surface area contributed by atoms with E-state index in [2.05, 4.69) is 96.6 Å². The molecule has 7 heterocycles. The summed E-state index contributed by atoms with van der Waals surface area (Å²) in [5.74, 6) is -3.45. The van der Waals surface area contributed by atoms with Crippen LogP contribution in [0.3, 0.4) is 0 Å². The second-order valence-electron chi connectivity index (χ2n) is 9.54. The Balaban J connectivity index is 1.40. The molecule has 0 aliphatic rings. The van der Waals surface area contributed by atoms with Crippen molar-refractivity contribution in [1.82, 2.24) is 74.8 Å². The summed E-state index contributed by atoms with van der Waals surface area (Å²) in [4.78, 5) is 65.9. The molecule has 21 heteroatoms. The first-order valence-corrected chi connectivity index (χ1v) is 13.2. The second-order valence-corrected chi connectivity index (χ2v) is 9.54. The third-order valence-corrected chi connectivity index (χ3v) is 6.70. The molecule has 0 saturated heterocycles. The number of nitrogens with zero attached hydrogens (tertiary/aromatic N) is 18. The lowest BCUT2D eigenvalue weighted by Crippen LogP contribution is -2.17. The number of nitrogens with one attached hydrogen (secondary N) is 3. The van der Waals surface area contributed by atoms with E-state index in [1.54, 1.807) is 0 Å². The van der Waals surface area contributed by atoms with Gasteiger partial charge in [0.05, 0.1) is 24.5 Å². The summed E-state index contributed by atoms with van der Waals surface area (Å²) in [6.07, 6.45) is 4.02. The van der Waals surface area contributed by atoms with Gasteiger partial charge in [0.25, 0.3) is 0 Å². The van der Waals surface area contributed by atoms with Gasteiger partial charge in [0.1, 0.15) is 46.5 Å². The zero-order valence-electron chi connectivity index (χ0n) is 23.5. The standard InChI is InChI=1S/C27H9N21/c1-32-17(25-39-13-8-35-16(6-31)41-23(13)47-25)26-45-20(10(3-28)18-37-12-7-34-15(5-30)40-22(12)43-18)42-21(46-26)11(4-29)19-38-14-9-36-27(33-2)48-24(14)44-19/h7-11,17H,(H,34,37,40,43)(H,35,39,41,47)(H,36,38,44,48). The molecule has 21 nitrogen and oxygen atoms in total. The molecule has 3 unspecified atom stereocenters. The van der Waals surface area contributed by atoms with Gasteiger partial charge in [-0.05, 0) is 0 Å². The van der Waals surface area contributed by atoms with Crippen molar-refractivity contribution in [3.05, 3.63) is 88.0 Å². The Hall–Kier alpha value is -8.40. The highest BCUT2D eigenvalue weighted by Crippen LogP contribution is 2.29. The van der Waals surface area contributed by atoms with E-state index in [4.69, 9.17) is 13.1 Å². The van der Waals surface area contributed by atoms with E-state index in [1.165, 1.54) is 18.6 Å². The number of fused-ring (bicyclic) bond motifs is 3. The molecule has 0 saturated carbocycles. The van der Waals surface area contributed by atoms with Crippen molar-refractivity contribution >= 4 is 39.4 Å². The van der Waals surface area contributed by atoms with Crippen molar-refractivity contribution < 1.29 is 0 Å². The Morgan fingerprint density at radius 1 is 0.562 bits per heavy atom. The topological polar surface area (TPSA) is 306 Å². The quantitative estimate of drug-likeness (QED) is 0.220. The van der Waals surface area contributed by atoms with Gasteiger partial charge in [-0.2, -0.15) is 41.0 Å². The van der Waals surface area contributed by atoms with Crippen LogP contribution in [0.4, 0.5) is 5.95 Å². The van der Waals surface area contributed by atoms with Gasteiger partial charge in [0, 0.05) is 0 Å². The number of imidazole rings is 3. The Morgan fingerprint density at radius 2 is 1.02 bits per heavy atom. The zero-order chi connectivity index (χ0) is 33.4. The van der Waals surface area contributed by atoms with Crippen LogP contribution in [-0.2, 0) is 0 Å². The summed E-state index contributed by atoms with van der Waals surface area (Å²) >= 11 is 0. The van der Waals surface area contributed by atoms with Gasteiger partial charge in [-0.1, -0.05) is 0 Å². The van der Waals surface area contributed by atoms with Gasteiger partial charge < -0.3 is 19.8 Å². The molecule has 7 aromatic heterocycles. The van der Waals surface area contributed by atoms with Crippen LogP contribution in [0.25, 0.3) is 43.2 Å². The summed E-state index contributed by atoms with van der Waals surface area (Å²) in [5, 5.41) is 39.0. The molecule has 7 aromatic rings. The van der Waals surface area contributed by atoms with Gasteiger partial charge in [0.2, 0.25) is 28.9 Å². The number of H-pyrrole nitrogens is 3. The zero-order valence-corrected chi connectivity index (χ0v) is 23.5. The van der Waals surface area contributed by atoms with Crippen molar-refractivity contribution in [2.24, 2.45) is 0 Å². The Morgan fingerprint density at radius 3 is 1.50 bits per heavy atom. The van der Waals surface area contributed by atoms with Crippen LogP contribution >= 0.6 is 0 Å². The molecule has 0 radical (unpaired) electrons. The average Bonchev–Trinajstić information content (AvgIpc) is 3.84. The Labute approximate surface area is 265 Å². The van der Waals surface area contributed by atoms with Gasteiger partial charge in [-0.15, -0.1) is 11.6 Å². The van der Waals surface area contributed by atoms with Crippen molar-refractivity contribution in [2.45, 2.75) is 17.9 Å². The van der Waals surface area contributed by atoms with Crippen LogP contribution in [0, 0.1) is 58.5 Å². The van der Waals surface area contributed by atoms with E-state index >= 15 is 0 Å². The van der Waals surface area contributed by atoms with Crippen LogP contribution in [0.5, 0.6) is 0 Å². The molecule has 0 aromatic carbocycles. The molecular formula is C27H9N21. The van der Waals surface area contributed by atoms with Crippen LogP contribution in [0.15, 0.2) is 18.6 Å². The fourth-order valence-corrected chi connectivity index (χ4v) is 4.57. The summed E-state index contributed by atoms with van der Waals surface area (Å²) in [7, 11) is 0. The molecule has 0 spiro atoms. The van der Waals surface area contributed by atoms with Crippen LogP contribution < -0.4 is 0 Å². The lowest BCUT2D eigenvalue weighted by atomic mass is 10.1.